The lowest BCUT2D eigenvalue weighted by Crippen LogP contribution is -2.27. The quantitative estimate of drug-likeness (QED) is 0.0325. The van der Waals surface area contributed by atoms with Gasteiger partial charge in [-0.25, -0.2) is 4.57 Å². The van der Waals surface area contributed by atoms with Crippen LogP contribution in [0.25, 0.3) is 0 Å². The Morgan fingerprint density at radius 3 is 1.35 bits per heavy atom. The molecule has 0 aliphatic rings. The molecule has 0 rings (SSSR count). The van der Waals surface area contributed by atoms with Crippen LogP contribution in [0.2, 0.25) is 0 Å². The summed E-state index contributed by atoms with van der Waals surface area (Å²) in [7, 11) is -4.39. The van der Waals surface area contributed by atoms with Crippen molar-refractivity contribution < 1.29 is 37.9 Å². The zero-order valence-electron chi connectivity index (χ0n) is 31.9. The van der Waals surface area contributed by atoms with Crippen molar-refractivity contribution in [1.29, 1.82) is 0 Å². The summed E-state index contributed by atoms with van der Waals surface area (Å²) in [5, 5.41) is 12.5. The number of ether oxygens (including phenoxy) is 1. The Labute approximate surface area is 301 Å². The Morgan fingerprint density at radius 2 is 0.918 bits per heavy atom. The highest BCUT2D eigenvalue weighted by Crippen LogP contribution is 2.42. The highest BCUT2D eigenvalue weighted by molar-refractivity contribution is 7.47. The number of rotatable bonds is 39. The third-order valence-electron chi connectivity index (χ3n) is 9.04. The van der Waals surface area contributed by atoms with E-state index in [9.17, 15) is 24.2 Å². The van der Waals surface area contributed by atoms with Crippen molar-refractivity contribution in [1.82, 2.24) is 5.32 Å². The molecular formula is C39H78NO8P. The number of hydrogen-bond donors (Lipinski definition) is 3. The van der Waals surface area contributed by atoms with Crippen LogP contribution in [0.5, 0.6) is 0 Å². The first kappa shape index (κ1) is 48.0. The summed E-state index contributed by atoms with van der Waals surface area (Å²) in [6.45, 7) is 3.43. The molecule has 1 amide bonds. The standard InChI is InChI=1S/C39H78NO8P/c1-3-5-7-9-10-11-12-13-14-15-16-17-18-19-20-21-22-23-24-25-26-27-28-29-31-38(42)40-33-34-47-49(44,45)48-36-37(41)35-46-39(43)32-30-8-6-4-2/h37,41H,3-36H2,1-2H3,(H,40,42)(H,44,45). The Balaban J connectivity index is 3.43. The van der Waals surface area contributed by atoms with Crippen LogP contribution >= 0.6 is 7.82 Å². The van der Waals surface area contributed by atoms with E-state index in [-0.39, 0.29) is 32.1 Å². The van der Waals surface area contributed by atoms with Crippen molar-refractivity contribution in [3.05, 3.63) is 0 Å². The zero-order valence-corrected chi connectivity index (χ0v) is 32.8. The lowest BCUT2D eigenvalue weighted by Gasteiger charge is -2.15. The zero-order chi connectivity index (χ0) is 36.1. The van der Waals surface area contributed by atoms with Gasteiger partial charge in [0.2, 0.25) is 5.91 Å². The van der Waals surface area contributed by atoms with E-state index in [0.29, 0.717) is 6.42 Å². The van der Waals surface area contributed by atoms with Gasteiger partial charge in [0.05, 0.1) is 13.2 Å². The van der Waals surface area contributed by atoms with Crippen LogP contribution in [-0.2, 0) is 27.9 Å². The second-order valence-corrected chi connectivity index (χ2v) is 15.4. The monoisotopic (exact) mass is 720 g/mol. The van der Waals surface area contributed by atoms with Crippen LogP contribution < -0.4 is 5.32 Å². The molecule has 0 aliphatic heterocycles. The molecule has 0 aliphatic carbocycles. The first-order valence-electron chi connectivity index (χ1n) is 20.5. The van der Waals surface area contributed by atoms with Gasteiger partial charge in [0.15, 0.2) is 0 Å². The number of aliphatic hydroxyl groups excluding tert-OH is 1. The van der Waals surface area contributed by atoms with Gasteiger partial charge in [0, 0.05) is 19.4 Å². The van der Waals surface area contributed by atoms with Crippen molar-refractivity contribution in [2.24, 2.45) is 0 Å². The minimum atomic E-state index is -4.39. The Hall–Kier alpha value is -0.990. The fraction of sp³-hybridized carbons (Fsp3) is 0.949. The largest absolute Gasteiger partial charge is 0.472 e. The molecular weight excluding hydrogens is 641 g/mol. The van der Waals surface area contributed by atoms with E-state index in [1.807, 2.05) is 0 Å². The highest BCUT2D eigenvalue weighted by atomic mass is 31.2. The highest BCUT2D eigenvalue weighted by Gasteiger charge is 2.23. The number of unbranched alkanes of at least 4 members (excludes halogenated alkanes) is 26. The molecule has 0 bridgehead atoms. The fourth-order valence-electron chi connectivity index (χ4n) is 5.91. The molecule has 0 saturated heterocycles. The summed E-state index contributed by atoms with van der Waals surface area (Å²) in [6.07, 6.45) is 35.5. The van der Waals surface area contributed by atoms with Gasteiger partial charge in [0.1, 0.15) is 12.7 Å². The van der Waals surface area contributed by atoms with E-state index in [0.717, 1.165) is 44.9 Å². The maximum absolute atomic E-state index is 12.0. The molecule has 0 spiro atoms. The van der Waals surface area contributed by atoms with Crippen LogP contribution in [0.3, 0.4) is 0 Å². The molecule has 3 N–H and O–H groups in total. The summed E-state index contributed by atoms with van der Waals surface area (Å²) in [4.78, 5) is 33.4. The average Bonchev–Trinajstić information content (AvgIpc) is 3.08. The molecule has 0 aromatic rings. The smallest absolute Gasteiger partial charge is 0.463 e. The van der Waals surface area contributed by atoms with Gasteiger partial charge in [-0.3, -0.25) is 18.6 Å². The van der Waals surface area contributed by atoms with E-state index in [1.54, 1.807) is 0 Å². The lowest BCUT2D eigenvalue weighted by molar-refractivity contribution is -0.147. The van der Waals surface area contributed by atoms with Gasteiger partial charge in [-0.15, -0.1) is 0 Å². The summed E-state index contributed by atoms with van der Waals surface area (Å²) in [5.74, 6) is -0.525. The molecule has 49 heavy (non-hydrogen) atoms. The molecule has 10 heteroatoms. The van der Waals surface area contributed by atoms with Gasteiger partial charge in [0.25, 0.3) is 0 Å². The first-order chi connectivity index (χ1) is 23.8. The van der Waals surface area contributed by atoms with E-state index >= 15 is 0 Å². The molecule has 2 unspecified atom stereocenters. The van der Waals surface area contributed by atoms with Crippen molar-refractivity contribution in [2.45, 2.75) is 213 Å². The molecule has 9 nitrogen and oxygen atoms in total. The number of carbonyl (C=O) groups excluding carboxylic acids is 2. The Morgan fingerprint density at radius 1 is 0.551 bits per heavy atom. The van der Waals surface area contributed by atoms with Crippen LogP contribution in [-0.4, -0.2) is 54.3 Å². The number of phosphoric ester groups is 1. The van der Waals surface area contributed by atoms with Crippen molar-refractivity contribution in [2.75, 3.05) is 26.4 Å². The topological polar surface area (TPSA) is 131 Å². The minimum absolute atomic E-state index is 0.0876. The molecule has 0 aromatic carbocycles. The number of phosphoric acid groups is 1. The summed E-state index contributed by atoms with van der Waals surface area (Å²) >= 11 is 0. The second-order valence-electron chi connectivity index (χ2n) is 14.0. The van der Waals surface area contributed by atoms with Crippen LogP contribution in [0, 0.1) is 0 Å². The van der Waals surface area contributed by atoms with E-state index in [1.165, 1.54) is 135 Å². The maximum atomic E-state index is 12.0. The third-order valence-corrected chi connectivity index (χ3v) is 10.0. The lowest BCUT2D eigenvalue weighted by atomic mass is 10.0. The number of carbonyl (C=O) groups is 2. The molecule has 0 radical (unpaired) electrons. The number of aliphatic hydroxyl groups is 1. The number of hydrogen-bond acceptors (Lipinski definition) is 7. The van der Waals surface area contributed by atoms with Gasteiger partial charge >= 0.3 is 13.8 Å². The van der Waals surface area contributed by atoms with E-state index in [4.69, 9.17) is 13.8 Å². The summed E-state index contributed by atoms with van der Waals surface area (Å²) in [6, 6.07) is 0. The number of esters is 1. The SMILES string of the molecule is CCCCCCCCCCCCCCCCCCCCCCCCCCC(=O)NCCOP(=O)(O)OCC(O)COC(=O)CCCCCC. The summed E-state index contributed by atoms with van der Waals surface area (Å²) in [5.41, 5.74) is 0. The first-order valence-corrected chi connectivity index (χ1v) is 22.0. The molecule has 0 saturated carbocycles. The number of nitrogens with one attached hydrogen (secondary N) is 1. The van der Waals surface area contributed by atoms with Crippen molar-refractivity contribution in [3.8, 4) is 0 Å². The second kappa shape index (κ2) is 36.8. The molecule has 0 heterocycles. The van der Waals surface area contributed by atoms with Crippen LogP contribution in [0.15, 0.2) is 0 Å². The van der Waals surface area contributed by atoms with E-state index in [2.05, 4.69) is 19.2 Å². The van der Waals surface area contributed by atoms with Gasteiger partial charge in [-0.1, -0.05) is 181 Å². The average molecular weight is 720 g/mol. The minimum Gasteiger partial charge on any atom is -0.463 e. The number of amides is 1. The maximum Gasteiger partial charge on any atom is 0.472 e. The molecule has 0 fully saturated rings. The Kier molecular flexibility index (Phi) is 36.0. The molecule has 0 aromatic heterocycles. The normalized spacial score (nSPS) is 13.3. The van der Waals surface area contributed by atoms with Gasteiger partial charge in [-0.2, -0.15) is 0 Å². The van der Waals surface area contributed by atoms with Gasteiger partial charge in [-0.05, 0) is 12.8 Å². The Bertz CT molecular complexity index is 784. The van der Waals surface area contributed by atoms with Crippen LogP contribution in [0.1, 0.15) is 206 Å². The third kappa shape index (κ3) is 38.1. The van der Waals surface area contributed by atoms with Crippen molar-refractivity contribution in [3.63, 3.8) is 0 Å². The summed E-state index contributed by atoms with van der Waals surface area (Å²) < 4.78 is 26.5. The predicted octanol–water partition coefficient (Wildman–Crippen LogP) is 10.9. The molecule has 292 valence electrons. The van der Waals surface area contributed by atoms with Crippen LogP contribution in [0.4, 0.5) is 0 Å². The fourth-order valence-corrected chi connectivity index (χ4v) is 6.67. The van der Waals surface area contributed by atoms with Crippen molar-refractivity contribution >= 4 is 19.7 Å². The predicted molar refractivity (Wildman–Crippen MR) is 202 cm³/mol. The van der Waals surface area contributed by atoms with Gasteiger partial charge < -0.3 is 20.1 Å². The molecule has 2 atom stereocenters. The van der Waals surface area contributed by atoms with E-state index < -0.39 is 26.5 Å².